The standard InChI is InChI=1S/C21H32N4O4S/c1-14-18(21(27)24-10-4-3-5-11-24)19(15(2)22-14)30(28,29)25-12-8-16(9-13-25)20(26)23-17-6-7-17/h16-17,22H,3-13H2,1-2H3,(H,23,26). The van der Waals surface area contributed by atoms with Crippen molar-refractivity contribution in [3.05, 3.63) is 17.0 Å². The average Bonchev–Trinajstić information content (AvgIpc) is 3.49. The zero-order chi connectivity index (χ0) is 21.5. The molecule has 1 aliphatic carbocycles. The molecular weight excluding hydrogens is 404 g/mol. The first kappa shape index (κ1) is 21.4. The second-order valence-corrected chi connectivity index (χ2v) is 10.8. The van der Waals surface area contributed by atoms with Gasteiger partial charge in [-0.15, -0.1) is 0 Å². The van der Waals surface area contributed by atoms with Crippen LogP contribution in [0.2, 0.25) is 0 Å². The molecule has 2 aliphatic heterocycles. The molecule has 1 aromatic rings. The molecule has 4 rings (SSSR count). The van der Waals surface area contributed by atoms with Gasteiger partial charge in [-0.2, -0.15) is 4.31 Å². The molecule has 2 saturated heterocycles. The Morgan fingerprint density at radius 1 is 0.933 bits per heavy atom. The van der Waals surface area contributed by atoms with Crippen LogP contribution in [-0.2, 0) is 14.8 Å². The lowest BCUT2D eigenvalue weighted by atomic mass is 9.97. The van der Waals surface area contributed by atoms with Crippen molar-refractivity contribution in [2.24, 2.45) is 5.92 Å². The Balaban J connectivity index is 1.53. The third-order valence-corrected chi connectivity index (χ3v) is 8.59. The number of likely N-dealkylation sites (tertiary alicyclic amines) is 1. The molecule has 1 aromatic heterocycles. The number of aryl methyl sites for hydroxylation is 2. The molecule has 30 heavy (non-hydrogen) atoms. The molecule has 166 valence electrons. The first-order valence-electron chi connectivity index (χ1n) is 11.1. The van der Waals surface area contributed by atoms with Gasteiger partial charge < -0.3 is 15.2 Å². The summed E-state index contributed by atoms with van der Waals surface area (Å²) in [6.07, 6.45) is 6.10. The molecule has 2 amide bonds. The fourth-order valence-corrected chi connectivity index (χ4v) is 6.51. The lowest BCUT2D eigenvalue weighted by Gasteiger charge is -2.31. The highest BCUT2D eigenvalue weighted by atomic mass is 32.2. The number of sulfonamides is 1. The Labute approximate surface area is 178 Å². The van der Waals surface area contributed by atoms with E-state index in [4.69, 9.17) is 0 Å². The molecule has 8 nitrogen and oxygen atoms in total. The molecule has 0 spiro atoms. The summed E-state index contributed by atoms with van der Waals surface area (Å²) in [6, 6.07) is 0.313. The number of hydrogen-bond acceptors (Lipinski definition) is 4. The van der Waals surface area contributed by atoms with Gasteiger partial charge in [0.2, 0.25) is 15.9 Å². The van der Waals surface area contributed by atoms with Gasteiger partial charge in [0.25, 0.3) is 5.91 Å². The highest BCUT2D eigenvalue weighted by molar-refractivity contribution is 7.89. The van der Waals surface area contributed by atoms with Crippen molar-refractivity contribution >= 4 is 21.8 Å². The zero-order valence-electron chi connectivity index (χ0n) is 17.9. The summed E-state index contributed by atoms with van der Waals surface area (Å²) in [5, 5.41) is 3.02. The Morgan fingerprint density at radius 2 is 1.57 bits per heavy atom. The number of nitrogens with one attached hydrogen (secondary N) is 2. The summed E-state index contributed by atoms with van der Waals surface area (Å²) in [6.45, 7) is 5.41. The van der Waals surface area contributed by atoms with Crippen LogP contribution in [0.15, 0.2) is 4.90 Å². The highest BCUT2D eigenvalue weighted by Gasteiger charge is 2.38. The monoisotopic (exact) mass is 436 g/mol. The lowest BCUT2D eigenvalue weighted by molar-refractivity contribution is -0.126. The lowest BCUT2D eigenvalue weighted by Crippen LogP contribution is -2.44. The maximum Gasteiger partial charge on any atom is 0.257 e. The number of nitrogens with zero attached hydrogens (tertiary/aromatic N) is 2. The van der Waals surface area contributed by atoms with Gasteiger partial charge in [-0.25, -0.2) is 8.42 Å². The van der Waals surface area contributed by atoms with E-state index >= 15 is 0 Å². The van der Waals surface area contributed by atoms with E-state index in [1.54, 1.807) is 18.7 Å². The van der Waals surface area contributed by atoms with Crippen LogP contribution in [0.3, 0.4) is 0 Å². The van der Waals surface area contributed by atoms with E-state index in [1.165, 1.54) is 4.31 Å². The zero-order valence-corrected chi connectivity index (χ0v) is 18.7. The summed E-state index contributed by atoms with van der Waals surface area (Å²) < 4.78 is 28.5. The third kappa shape index (κ3) is 4.14. The van der Waals surface area contributed by atoms with Crippen molar-refractivity contribution in [1.29, 1.82) is 0 Å². The van der Waals surface area contributed by atoms with Crippen LogP contribution in [0, 0.1) is 19.8 Å². The van der Waals surface area contributed by atoms with Gasteiger partial charge in [-0.3, -0.25) is 9.59 Å². The van der Waals surface area contributed by atoms with Crippen molar-refractivity contribution in [1.82, 2.24) is 19.5 Å². The Kier molecular flexibility index (Phi) is 5.94. The van der Waals surface area contributed by atoms with Crippen LogP contribution in [0.4, 0.5) is 0 Å². The van der Waals surface area contributed by atoms with Crippen LogP contribution in [-0.4, -0.2) is 66.6 Å². The van der Waals surface area contributed by atoms with Crippen LogP contribution < -0.4 is 5.32 Å². The van der Waals surface area contributed by atoms with E-state index in [1.807, 2.05) is 0 Å². The minimum Gasteiger partial charge on any atom is -0.361 e. The predicted molar refractivity (Wildman–Crippen MR) is 113 cm³/mol. The molecule has 3 fully saturated rings. The SMILES string of the molecule is Cc1[nH]c(C)c(S(=O)(=O)N2CCC(C(=O)NC3CC3)CC2)c1C(=O)N1CCCCC1. The first-order valence-corrected chi connectivity index (χ1v) is 12.5. The number of aromatic nitrogens is 1. The molecule has 3 aliphatic rings. The fraction of sp³-hybridized carbons (Fsp3) is 0.714. The molecule has 0 atom stereocenters. The van der Waals surface area contributed by atoms with Gasteiger partial charge in [-0.1, -0.05) is 0 Å². The summed E-state index contributed by atoms with van der Waals surface area (Å²) in [5.74, 6) is -0.293. The molecule has 0 unspecified atom stereocenters. The van der Waals surface area contributed by atoms with Crippen molar-refractivity contribution in [2.45, 2.75) is 69.7 Å². The number of carbonyl (C=O) groups excluding carboxylic acids is 2. The number of rotatable bonds is 5. The van der Waals surface area contributed by atoms with Crippen molar-refractivity contribution in [3.8, 4) is 0 Å². The van der Waals surface area contributed by atoms with Crippen LogP contribution in [0.5, 0.6) is 0 Å². The summed E-state index contributed by atoms with van der Waals surface area (Å²) in [7, 11) is -3.82. The second-order valence-electron chi connectivity index (χ2n) is 8.89. The van der Waals surface area contributed by atoms with Gasteiger partial charge in [0.1, 0.15) is 4.90 Å². The molecule has 0 radical (unpaired) electrons. The average molecular weight is 437 g/mol. The van der Waals surface area contributed by atoms with E-state index in [-0.39, 0.29) is 28.2 Å². The third-order valence-electron chi connectivity index (χ3n) is 6.52. The van der Waals surface area contributed by atoms with E-state index in [0.717, 1.165) is 32.1 Å². The molecular formula is C21H32N4O4S. The van der Waals surface area contributed by atoms with E-state index < -0.39 is 10.0 Å². The summed E-state index contributed by atoms with van der Waals surface area (Å²) >= 11 is 0. The van der Waals surface area contributed by atoms with E-state index in [9.17, 15) is 18.0 Å². The first-order chi connectivity index (χ1) is 14.3. The molecule has 0 bridgehead atoms. The van der Waals surface area contributed by atoms with Gasteiger partial charge in [0, 0.05) is 49.5 Å². The number of carbonyl (C=O) groups is 2. The number of amides is 2. The minimum atomic E-state index is -3.82. The van der Waals surface area contributed by atoms with Crippen LogP contribution in [0.25, 0.3) is 0 Å². The van der Waals surface area contributed by atoms with Gasteiger partial charge >= 0.3 is 0 Å². The highest BCUT2D eigenvalue weighted by Crippen LogP contribution is 2.31. The van der Waals surface area contributed by atoms with Crippen LogP contribution in [0.1, 0.15) is 66.7 Å². The molecule has 3 heterocycles. The fourth-order valence-electron chi connectivity index (χ4n) is 4.63. The summed E-state index contributed by atoms with van der Waals surface area (Å²) in [5.41, 5.74) is 1.38. The van der Waals surface area contributed by atoms with E-state index in [2.05, 4.69) is 10.3 Å². The number of hydrogen-bond donors (Lipinski definition) is 2. The smallest absolute Gasteiger partial charge is 0.257 e. The number of piperidine rings is 2. The van der Waals surface area contributed by atoms with Crippen LogP contribution >= 0.6 is 0 Å². The van der Waals surface area contributed by atoms with Gasteiger partial charge in [0.15, 0.2) is 0 Å². The molecule has 1 saturated carbocycles. The minimum absolute atomic E-state index is 0.0455. The Morgan fingerprint density at radius 3 is 2.17 bits per heavy atom. The predicted octanol–water partition coefficient (Wildman–Crippen LogP) is 1.94. The number of H-pyrrole nitrogens is 1. The topological polar surface area (TPSA) is 103 Å². The van der Waals surface area contributed by atoms with Gasteiger partial charge in [0.05, 0.1) is 5.56 Å². The normalized spacial score (nSPS) is 21.6. The van der Waals surface area contributed by atoms with Gasteiger partial charge in [-0.05, 0) is 58.8 Å². The quantitative estimate of drug-likeness (QED) is 0.736. The van der Waals surface area contributed by atoms with Crippen molar-refractivity contribution in [3.63, 3.8) is 0 Å². The maximum absolute atomic E-state index is 13.5. The molecule has 0 aromatic carbocycles. The largest absolute Gasteiger partial charge is 0.361 e. The second kappa shape index (κ2) is 8.34. The summed E-state index contributed by atoms with van der Waals surface area (Å²) in [4.78, 5) is 30.5. The molecule has 2 N–H and O–H groups in total. The van der Waals surface area contributed by atoms with Crippen molar-refractivity contribution < 1.29 is 18.0 Å². The van der Waals surface area contributed by atoms with E-state index in [0.29, 0.717) is 56.5 Å². The maximum atomic E-state index is 13.5. The van der Waals surface area contributed by atoms with Crippen molar-refractivity contribution in [2.75, 3.05) is 26.2 Å². The number of aromatic amines is 1. The Hall–Kier alpha value is -1.87. The molecule has 9 heteroatoms. The Bertz CT molecular complexity index is 921.